The molecule has 1 aliphatic heterocycles. The standard InChI is InChI=1S/C23H26F2N6/c24-17-9-11-18(12-10-17)29-13-15-30(16-14-29)22(20-7-3-4-8-21(20)25)23-26-27-28-31(23)19-5-1-2-6-19/h3-4,7-12,19,22H,1-2,5-6,13-16H2/t22-/m1/s1. The van der Waals surface area contributed by atoms with Gasteiger partial charge in [-0.3, -0.25) is 4.90 Å². The molecule has 2 heterocycles. The second-order valence-corrected chi connectivity index (χ2v) is 8.34. The zero-order chi connectivity index (χ0) is 21.2. The number of rotatable bonds is 5. The highest BCUT2D eigenvalue weighted by Gasteiger charge is 2.34. The van der Waals surface area contributed by atoms with Gasteiger partial charge in [0, 0.05) is 37.4 Å². The molecule has 2 aliphatic rings. The molecule has 8 heteroatoms. The molecule has 1 aromatic heterocycles. The van der Waals surface area contributed by atoms with Crippen molar-refractivity contribution in [3.8, 4) is 0 Å². The molecule has 1 saturated heterocycles. The fraction of sp³-hybridized carbons (Fsp3) is 0.435. The molecular formula is C23H26F2N6. The number of benzene rings is 2. The van der Waals surface area contributed by atoms with Crippen LogP contribution in [0.3, 0.4) is 0 Å². The van der Waals surface area contributed by atoms with Crippen LogP contribution in [0.1, 0.15) is 49.2 Å². The highest BCUT2D eigenvalue weighted by Crippen LogP contribution is 2.35. The van der Waals surface area contributed by atoms with Crippen molar-refractivity contribution in [1.29, 1.82) is 0 Å². The van der Waals surface area contributed by atoms with E-state index in [1.807, 2.05) is 16.8 Å². The van der Waals surface area contributed by atoms with Crippen molar-refractivity contribution in [2.75, 3.05) is 31.1 Å². The molecule has 0 radical (unpaired) electrons. The van der Waals surface area contributed by atoms with Gasteiger partial charge in [-0.05, 0) is 53.6 Å². The molecule has 0 unspecified atom stereocenters. The van der Waals surface area contributed by atoms with Crippen LogP contribution in [-0.2, 0) is 0 Å². The van der Waals surface area contributed by atoms with Gasteiger partial charge in [0.15, 0.2) is 5.82 Å². The molecule has 3 aromatic rings. The van der Waals surface area contributed by atoms with Gasteiger partial charge >= 0.3 is 0 Å². The smallest absolute Gasteiger partial charge is 0.173 e. The number of anilines is 1. The number of nitrogens with zero attached hydrogens (tertiary/aromatic N) is 6. The predicted octanol–water partition coefficient (Wildman–Crippen LogP) is 3.98. The van der Waals surface area contributed by atoms with E-state index in [0.29, 0.717) is 11.4 Å². The first-order valence-electron chi connectivity index (χ1n) is 11.0. The van der Waals surface area contributed by atoms with Gasteiger partial charge in [0.25, 0.3) is 0 Å². The zero-order valence-corrected chi connectivity index (χ0v) is 17.4. The molecule has 0 N–H and O–H groups in total. The summed E-state index contributed by atoms with van der Waals surface area (Å²) in [6, 6.07) is 13.4. The van der Waals surface area contributed by atoms with Crippen molar-refractivity contribution < 1.29 is 8.78 Å². The Bertz CT molecular complexity index is 1010. The van der Waals surface area contributed by atoms with Crippen molar-refractivity contribution >= 4 is 5.69 Å². The molecule has 6 nitrogen and oxygen atoms in total. The van der Waals surface area contributed by atoms with E-state index in [4.69, 9.17) is 0 Å². The lowest BCUT2D eigenvalue weighted by Gasteiger charge is -2.40. The Labute approximate surface area is 180 Å². The molecule has 2 fully saturated rings. The van der Waals surface area contributed by atoms with Crippen LogP contribution < -0.4 is 4.90 Å². The van der Waals surface area contributed by atoms with Gasteiger partial charge in [-0.15, -0.1) is 5.10 Å². The van der Waals surface area contributed by atoms with Crippen LogP contribution in [0, 0.1) is 11.6 Å². The maximum absolute atomic E-state index is 14.9. The second-order valence-electron chi connectivity index (χ2n) is 8.34. The first-order chi connectivity index (χ1) is 15.2. The lowest BCUT2D eigenvalue weighted by atomic mass is 10.0. The molecular weight excluding hydrogens is 398 g/mol. The molecule has 1 atom stereocenters. The van der Waals surface area contributed by atoms with Crippen LogP contribution in [0.5, 0.6) is 0 Å². The van der Waals surface area contributed by atoms with Crippen molar-refractivity contribution in [2.24, 2.45) is 0 Å². The Hall–Kier alpha value is -2.87. The van der Waals surface area contributed by atoms with E-state index in [2.05, 4.69) is 25.3 Å². The Morgan fingerprint density at radius 3 is 2.29 bits per heavy atom. The van der Waals surface area contributed by atoms with E-state index in [1.165, 1.54) is 31.0 Å². The molecule has 2 aromatic carbocycles. The van der Waals surface area contributed by atoms with Crippen LogP contribution in [-0.4, -0.2) is 51.3 Å². The molecule has 0 bridgehead atoms. The van der Waals surface area contributed by atoms with E-state index in [-0.39, 0.29) is 23.7 Å². The van der Waals surface area contributed by atoms with Crippen LogP contribution in [0.15, 0.2) is 48.5 Å². The second kappa shape index (κ2) is 8.70. The minimum atomic E-state index is -0.341. The van der Waals surface area contributed by atoms with Crippen molar-refractivity contribution in [3.63, 3.8) is 0 Å². The first kappa shape index (κ1) is 20.1. The average molecular weight is 424 g/mol. The Kier molecular flexibility index (Phi) is 5.63. The van der Waals surface area contributed by atoms with Gasteiger partial charge in [0.05, 0.1) is 6.04 Å². The minimum Gasteiger partial charge on any atom is -0.369 e. The quantitative estimate of drug-likeness (QED) is 0.620. The maximum Gasteiger partial charge on any atom is 0.173 e. The van der Waals surface area contributed by atoms with Crippen molar-refractivity contribution in [3.05, 3.63) is 71.6 Å². The van der Waals surface area contributed by atoms with Gasteiger partial charge in [-0.1, -0.05) is 31.0 Å². The lowest BCUT2D eigenvalue weighted by Crippen LogP contribution is -2.48. The van der Waals surface area contributed by atoms with Gasteiger partial charge in [-0.2, -0.15) is 0 Å². The summed E-state index contributed by atoms with van der Waals surface area (Å²) in [6.07, 6.45) is 4.45. The first-order valence-corrected chi connectivity index (χ1v) is 11.0. The SMILES string of the molecule is Fc1ccc(N2CCN([C@H](c3ccccc3F)c3nnnn3C3CCCC3)CC2)cc1. The fourth-order valence-corrected chi connectivity index (χ4v) is 4.88. The van der Waals surface area contributed by atoms with Crippen LogP contribution in [0.2, 0.25) is 0 Å². The third-order valence-electron chi connectivity index (χ3n) is 6.50. The summed E-state index contributed by atoms with van der Waals surface area (Å²) < 4.78 is 30.1. The zero-order valence-electron chi connectivity index (χ0n) is 17.4. The summed E-state index contributed by atoms with van der Waals surface area (Å²) in [4.78, 5) is 4.49. The number of tetrazole rings is 1. The minimum absolute atomic E-state index is 0.235. The van der Waals surface area contributed by atoms with E-state index in [9.17, 15) is 8.78 Å². The van der Waals surface area contributed by atoms with Crippen LogP contribution >= 0.6 is 0 Å². The number of aromatic nitrogens is 4. The fourth-order valence-electron chi connectivity index (χ4n) is 4.88. The summed E-state index contributed by atoms with van der Waals surface area (Å²) in [6.45, 7) is 2.99. The third kappa shape index (κ3) is 4.04. The molecule has 0 spiro atoms. The molecule has 5 rings (SSSR count). The number of piperazine rings is 1. The highest BCUT2D eigenvalue weighted by atomic mass is 19.1. The van der Waals surface area contributed by atoms with E-state index >= 15 is 0 Å². The van der Waals surface area contributed by atoms with Gasteiger partial charge < -0.3 is 4.90 Å². The third-order valence-corrected chi connectivity index (χ3v) is 6.50. The molecule has 31 heavy (non-hydrogen) atoms. The Morgan fingerprint density at radius 1 is 0.871 bits per heavy atom. The molecule has 0 amide bonds. The number of hydrogen-bond acceptors (Lipinski definition) is 5. The van der Waals surface area contributed by atoms with Gasteiger partial charge in [0.1, 0.15) is 17.7 Å². The Morgan fingerprint density at radius 2 is 1.58 bits per heavy atom. The number of halogens is 2. The van der Waals surface area contributed by atoms with Crippen LogP contribution in [0.4, 0.5) is 14.5 Å². The monoisotopic (exact) mass is 424 g/mol. The molecule has 1 aliphatic carbocycles. The summed E-state index contributed by atoms with van der Waals surface area (Å²) in [5, 5.41) is 12.7. The average Bonchev–Trinajstić information content (AvgIpc) is 3.48. The van der Waals surface area contributed by atoms with E-state index < -0.39 is 0 Å². The normalized spacial score (nSPS) is 19.1. The summed E-state index contributed by atoms with van der Waals surface area (Å²) >= 11 is 0. The van der Waals surface area contributed by atoms with Crippen molar-refractivity contribution in [1.82, 2.24) is 25.1 Å². The van der Waals surface area contributed by atoms with Gasteiger partial charge in [-0.25, -0.2) is 13.5 Å². The molecule has 162 valence electrons. The van der Waals surface area contributed by atoms with E-state index in [0.717, 1.165) is 44.7 Å². The molecule has 1 saturated carbocycles. The summed E-state index contributed by atoms with van der Waals surface area (Å²) in [7, 11) is 0. The van der Waals surface area contributed by atoms with Crippen LogP contribution in [0.25, 0.3) is 0 Å². The van der Waals surface area contributed by atoms with Crippen molar-refractivity contribution in [2.45, 2.75) is 37.8 Å². The number of hydrogen-bond donors (Lipinski definition) is 0. The Balaban J connectivity index is 1.43. The van der Waals surface area contributed by atoms with E-state index in [1.54, 1.807) is 18.2 Å². The highest BCUT2D eigenvalue weighted by molar-refractivity contribution is 5.46. The summed E-state index contributed by atoms with van der Waals surface area (Å²) in [5.41, 5.74) is 1.60. The predicted molar refractivity (Wildman–Crippen MR) is 114 cm³/mol. The summed E-state index contributed by atoms with van der Waals surface area (Å²) in [5.74, 6) is 0.238. The maximum atomic E-state index is 14.9. The van der Waals surface area contributed by atoms with Gasteiger partial charge in [0.2, 0.25) is 0 Å². The largest absolute Gasteiger partial charge is 0.369 e. The topological polar surface area (TPSA) is 50.1 Å². The lowest BCUT2D eigenvalue weighted by molar-refractivity contribution is 0.194.